The zero-order valence-corrected chi connectivity index (χ0v) is 15.2. The molecule has 0 saturated heterocycles. The SMILES string of the molecule is C=C(NCCNCCN(CC)c1ccc(C)cc1)C1=C(N)CCC1. The molecule has 0 aliphatic heterocycles. The van der Waals surface area contributed by atoms with Crippen LogP contribution in [0.4, 0.5) is 5.69 Å². The van der Waals surface area contributed by atoms with Crippen LogP contribution in [0, 0.1) is 6.92 Å². The number of anilines is 1. The van der Waals surface area contributed by atoms with Crippen molar-refractivity contribution in [3.05, 3.63) is 53.4 Å². The van der Waals surface area contributed by atoms with E-state index in [1.54, 1.807) is 0 Å². The quantitative estimate of drug-likeness (QED) is 0.578. The van der Waals surface area contributed by atoms with Gasteiger partial charge < -0.3 is 21.3 Å². The van der Waals surface area contributed by atoms with E-state index in [-0.39, 0.29) is 0 Å². The number of rotatable bonds is 10. The third-order valence-corrected chi connectivity index (χ3v) is 4.60. The van der Waals surface area contributed by atoms with Gasteiger partial charge in [-0.1, -0.05) is 24.3 Å². The Bertz CT molecular complexity index is 560. The summed E-state index contributed by atoms with van der Waals surface area (Å²) >= 11 is 0. The highest BCUT2D eigenvalue weighted by atomic mass is 15.1. The molecule has 0 bridgehead atoms. The van der Waals surface area contributed by atoms with Crippen molar-refractivity contribution in [3.63, 3.8) is 0 Å². The fourth-order valence-corrected chi connectivity index (χ4v) is 3.08. The van der Waals surface area contributed by atoms with E-state index >= 15 is 0 Å². The molecular weight excluding hydrogens is 296 g/mol. The van der Waals surface area contributed by atoms with E-state index in [0.717, 1.165) is 63.4 Å². The van der Waals surface area contributed by atoms with Crippen LogP contribution in [0.1, 0.15) is 31.7 Å². The van der Waals surface area contributed by atoms with Crippen LogP contribution in [0.15, 0.2) is 47.8 Å². The lowest BCUT2D eigenvalue weighted by molar-refractivity contribution is 0.639. The number of benzene rings is 1. The van der Waals surface area contributed by atoms with Crippen molar-refractivity contribution in [2.24, 2.45) is 5.73 Å². The molecule has 0 atom stereocenters. The predicted octanol–water partition coefficient (Wildman–Crippen LogP) is 2.91. The molecule has 4 nitrogen and oxygen atoms in total. The number of allylic oxidation sites excluding steroid dienone is 2. The summed E-state index contributed by atoms with van der Waals surface area (Å²) in [6.45, 7) is 13.2. The van der Waals surface area contributed by atoms with Gasteiger partial charge in [0.25, 0.3) is 0 Å². The minimum absolute atomic E-state index is 0.881. The molecule has 0 aromatic heterocycles. The zero-order chi connectivity index (χ0) is 17.4. The highest BCUT2D eigenvalue weighted by molar-refractivity contribution is 5.47. The summed E-state index contributed by atoms with van der Waals surface area (Å²) in [6.07, 6.45) is 3.24. The van der Waals surface area contributed by atoms with Crippen molar-refractivity contribution in [2.45, 2.75) is 33.1 Å². The van der Waals surface area contributed by atoms with Crippen molar-refractivity contribution in [1.82, 2.24) is 10.6 Å². The van der Waals surface area contributed by atoms with E-state index in [1.165, 1.54) is 16.8 Å². The summed E-state index contributed by atoms with van der Waals surface area (Å²) in [5.41, 5.74) is 11.8. The molecule has 0 spiro atoms. The largest absolute Gasteiger partial charge is 0.402 e. The highest BCUT2D eigenvalue weighted by Crippen LogP contribution is 2.25. The Balaban J connectivity index is 1.62. The summed E-state index contributed by atoms with van der Waals surface area (Å²) in [6, 6.07) is 8.74. The topological polar surface area (TPSA) is 53.3 Å². The van der Waals surface area contributed by atoms with E-state index in [0.29, 0.717) is 0 Å². The molecule has 4 heteroatoms. The molecule has 0 amide bonds. The Morgan fingerprint density at radius 3 is 2.54 bits per heavy atom. The maximum absolute atomic E-state index is 6.00. The fourth-order valence-electron chi connectivity index (χ4n) is 3.08. The minimum Gasteiger partial charge on any atom is -0.402 e. The molecule has 24 heavy (non-hydrogen) atoms. The normalized spacial score (nSPS) is 14.1. The first kappa shape index (κ1) is 18.4. The molecule has 0 saturated carbocycles. The lowest BCUT2D eigenvalue weighted by atomic mass is 10.2. The molecule has 1 aliphatic carbocycles. The molecule has 1 aromatic rings. The molecule has 2 rings (SSSR count). The van der Waals surface area contributed by atoms with Crippen molar-refractivity contribution in [1.29, 1.82) is 0 Å². The lowest BCUT2D eigenvalue weighted by Crippen LogP contribution is -2.35. The van der Waals surface area contributed by atoms with Gasteiger partial charge in [-0.3, -0.25) is 0 Å². The summed E-state index contributed by atoms with van der Waals surface area (Å²) in [5, 5.41) is 6.88. The summed E-state index contributed by atoms with van der Waals surface area (Å²) in [4.78, 5) is 2.39. The molecule has 4 N–H and O–H groups in total. The van der Waals surface area contributed by atoms with E-state index in [9.17, 15) is 0 Å². The van der Waals surface area contributed by atoms with Gasteiger partial charge in [-0.25, -0.2) is 0 Å². The van der Waals surface area contributed by atoms with Crippen LogP contribution in [0.25, 0.3) is 0 Å². The molecule has 0 heterocycles. The first-order chi connectivity index (χ1) is 11.6. The fraction of sp³-hybridized carbons (Fsp3) is 0.500. The zero-order valence-electron chi connectivity index (χ0n) is 15.2. The minimum atomic E-state index is 0.881. The lowest BCUT2D eigenvalue weighted by Gasteiger charge is -2.23. The molecule has 1 aliphatic rings. The Kier molecular flexibility index (Phi) is 7.19. The number of nitrogens with two attached hydrogens (primary N) is 1. The third kappa shape index (κ3) is 5.31. The van der Waals surface area contributed by atoms with E-state index in [1.807, 2.05) is 0 Å². The molecule has 132 valence electrons. The van der Waals surface area contributed by atoms with Gasteiger partial charge in [0, 0.05) is 49.8 Å². The van der Waals surface area contributed by atoms with Gasteiger partial charge in [0.2, 0.25) is 0 Å². The Morgan fingerprint density at radius 1 is 1.17 bits per heavy atom. The molecule has 1 aromatic carbocycles. The second-order valence-electron chi connectivity index (χ2n) is 6.43. The van der Waals surface area contributed by atoms with Crippen molar-refractivity contribution < 1.29 is 0 Å². The first-order valence-electron chi connectivity index (χ1n) is 9.04. The monoisotopic (exact) mass is 328 g/mol. The number of nitrogens with one attached hydrogen (secondary N) is 2. The van der Waals surface area contributed by atoms with Crippen LogP contribution >= 0.6 is 0 Å². The van der Waals surface area contributed by atoms with E-state index in [4.69, 9.17) is 5.73 Å². The second kappa shape index (κ2) is 9.38. The number of likely N-dealkylation sites (N-methyl/N-ethyl adjacent to an activating group) is 1. The number of nitrogens with zero attached hydrogens (tertiary/aromatic N) is 1. The van der Waals surface area contributed by atoms with E-state index < -0.39 is 0 Å². The van der Waals surface area contributed by atoms with E-state index in [2.05, 4.69) is 60.2 Å². The van der Waals surface area contributed by atoms with Crippen LogP contribution < -0.4 is 21.3 Å². The molecular formula is C20H32N4. The number of aryl methyl sites for hydroxylation is 1. The smallest absolute Gasteiger partial charge is 0.0366 e. The average Bonchev–Trinajstić information content (AvgIpc) is 3.01. The van der Waals surface area contributed by atoms with Crippen molar-refractivity contribution in [2.75, 3.05) is 37.6 Å². The second-order valence-corrected chi connectivity index (χ2v) is 6.43. The average molecular weight is 329 g/mol. The van der Waals surface area contributed by atoms with Gasteiger partial charge in [0.05, 0.1) is 0 Å². The third-order valence-electron chi connectivity index (χ3n) is 4.60. The maximum atomic E-state index is 6.00. The Hall–Kier alpha value is -1.94. The van der Waals surface area contributed by atoms with Crippen LogP contribution in [-0.2, 0) is 0 Å². The number of hydrogen-bond acceptors (Lipinski definition) is 4. The molecule has 0 unspecified atom stereocenters. The Morgan fingerprint density at radius 2 is 1.92 bits per heavy atom. The van der Waals surface area contributed by atoms with Crippen LogP contribution in [0.3, 0.4) is 0 Å². The molecule has 0 radical (unpaired) electrons. The van der Waals surface area contributed by atoms with Gasteiger partial charge in [0.1, 0.15) is 0 Å². The van der Waals surface area contributed by atoms with Gasteiger partial charge in [-0.2, -0.15) is 0 Å². The molecule has 0 fully saturated rings. The van der Waals surface area contributed by atoms with Crippen molar-refractivity contribution in [3.8, 4) is 0 Å². The summed E-state index contributed by atoms with van der Waals surface area (Å²) < 4.78 is 0. The number of hydrogen-bond donors (Lipinski definition) is 3. The Labute approximate surface area is 146 Å². The predicted molar refractivity (Wildman–Crippen MR) is 104 cm³/mol. The van der Waals surface area contributed by atoms with Gasteiger partial charge in [-0.15, -0.1) is 0 Å². The van der Waals surface area contributed by atoms with Crippen LogP contribution in [0.5, 0.6) is 0 Å². The van der Waals surface area contributed by atoms with Crippen LogP contribution in [-0.4, -0.2) is 32.7 Å². The van der Waals surface area contributed by atoms with Gasteiger partial charge in [-0.05, 0) is 50.8 Å². The van der Waals surface area contributed by atoms with Crippen LogP contribution in [0.2, 0.25) is 0 Å². The van der Waals surface area contributed by atoms with Crippen molar-refractivity contribution >= 4 is 5.69 Å². The highest BCUT2D eigenvalue weighted by Gasteiger charge is 2.13. The maximum Gasteiger partial charge on any atom is 0.0366 e. The van der Waals surface area contributed by atoms with Gasteiger partial charge >= 0.3 is 0 Å². The summed E-state index contributed by atoms with van der Waals surface area (Å²) in [7, 11) is 0. The van der Waals surface area contributed by atoms with Gasteiger partial charge in [0.15, 0.2) is 0 Å². The summed E-state index contributed by atoms with van der Waals surface area (Å²) in [5.74, 6) is 0. The first-order valence-corrected chi connectivity index (χ1v) is 9.04. The standard InChI is InChI=1S/C20H32N4/c1-4-24(18-10-8-16(2)9-11-18)15-14-22-12-13-23-17(3)19-6-5-7-20(19)21/h8-11,22-23H,3-7,12-15,21H2,1-2H3.